The Kier molecular flexibility index (Phi) is 7.05. The highest BCUT2D eigenvalue weighted by molar-refractivity contribution is 7.16. The van der Waals surface area contributed by atoms with E-state index in [2.05, 4.69) is 20.9 Å². The van der Waals surface area contributed by atoms with Gasteiger partial charge in [-0.05, 0) is 54.7 Å². The quantitative estimate of drug-likeness (QED) is 0.407. The van der Waals surface area contributed by atoms with Gasteiger partial charge in [0, 0.05) is 35.9 Å². The molecule has 1 saturated heterocycles. The number of aromatic nitrogens is 1. The summed E-state index contributed by atoms with van der Waals surface area (Å²) in [7, 11) is 0. The maximum Gasteiger partial charge on any atom is 0.324 e. The average Bonchev–Trinajstić information content (AvgIpc) is 3.25. The van der Waals surface area contributed by atoms with Crippen LogP contribution in [0.4, 0.5) is 19.9 Å². The van der Waals surface area contributed by atoms with Crippen molar-refractivity contribution in [2.45, 2.75) is 45.6 Å². The summed E-state index contributed by atoms with van der Waals surface area (Å²) in [4.78, 5) is 45.1. The van der Waals surface area contributed by atoms with Crippen LogP contribution in [0.25, 0.3) is 11.1 Å². The van der Waals surface area contributed by atoms with Crippen LogP contribution < -0.4 is 16.0 Å². The van der Waals surface area contributed by atoms with Gasteiger partial charge in [-0.25, -0.2) is 9.78 Å². The van der Waals surface area contributed by atoms with Crippen LogP contribution in [0.1, 0.15) is 49.9 Å². The summed E-state index contributed by atoms with van der Waals surface area (Å²) in [6.07, 6.45) is 1.38. The van der Waals surface area contributed by atoms with Gasteiger partial charge in [-0.15, -0.1) is 11.3 Å². The van der Waals surface area contributed by atoms with E-state index in [1.807, 2.05) is 20.8 Å². The zero-order chi connectivity index (χ0) is 27.0. The van der Waals surface area contributed by atoms with Gasteiger partial charge in [-0.3, -0.25) is 14.9 Å². The fourth-order valence-corrected chi connectivity index (χ4v) is 5.14. The third-order valence-corrected chi connectivity index (χ3v) is 7.68. The first kappa shape index (κ1) is 26.3. The highest BCUT2D eigenvalue weighted by atomic mass is 32.1. The van der Waals surface area contributed by atoms with Crippen molar-refractivity contribution in [3.63, 3.8) is 0 Å². The largest absolute Gasteiger partial charge is 0.352 e. The van der Waals surface area contributed by atoms with Crippen molar-refractivity contribution in [2.75, 3.05) is 23.7 Å². The third-order valence-electron chi connectivity index (χ3n) is 6.21. The Labute approximate surface area is 219 Å². The summed E-state index contributed by atoms with van der Waals surface area (Å²) in [5.74, 6) is -1.13. The van der Waals surface area contributed by atoms with E-state index >= 15 is 0 Å². The minimum Gasteiger partial charge on any atom is -0.352 e. The van der Waals surface area contributed by atoms with E-state index in [1.54, 1.807) is 55.1 Å². The Balaban J connectivity index is 1.59. The Morgan fingerprint density at radius 3 is 2.54 bits per heavy atom. The first-order valence-corrected chi connectivity index (χ1v) is 12.7. The van der Waals surface area contributed by atoms with Crippen molar-refractivity contribution in [1.29, 1.82) is 0 Å². The number of pyridine rings is 1. The summed E-state index contributed by atoms with van der Waals surface area (Å²) in [5, 5.41) is 8.82. The molecule has 3 aromatic rings. The normalized spacial score (nSPS) is 15.2. The molecule has 0 bridgehead atoms. The molecule has 2 aromatic heterocycles. The lowest BCUT2D eigenvalue weighted by Crippen LogP contribution is -2.63. The van der Waals surface area contributed by atoms with Crippen LogP contribution in [0, 0.1) is 5.95 Å². The number of amides is 4. The van der Waals surface area contributed by atoms with Crippen molar-refractivity contribution >= 4 is 39.9 Å². The number of carbonyl (C=O) groups is 3. The number of benzene rings is 1. The first-order chi connectivity index (χ1) is 17.4. The van der Waals surface area contributed by atoms with Crippen LogP contribution in [0.15, 0.2) is 48.7 Å². The molecule has 8 nitrogen and oxygen atoms in total. The number of hydrogen-bond donors (Lipinski definition) is 3. The second kappa shape index (κ2) is 9.93. The summed E-state index contributed by atoms with van der Waals surface area (Å²) in [6, 6.07) is 11.3. The lowest BCUT2D eigenvalue weighted by molar-refractivity contribution is -0.133. The Hall–Kier alpha value is -3.79. The maximum absolute atomic E-state index is 13.6. The molecule has 10 heteroatoms. The number of hydrogen-bond acceptors (Lipinski definition) is 5. The van der Waals surface area contributed by atoms with Gasteiger partial charge in [0.1, 0.15) is 10.5 Å². The maximum atomic E-state index is 13.6. The van der Waals surface area contributed by atoms with Gasteiger partial charge in [0.25, 0.3) is 5.91 Å². The molecule has 1 aliphatic heterocycles. The van der Waals surface area contributed by atoms with Gasteiger partial charge in [-0.2, -0.15) is 4.39 Å². The van der Waals surface area contributed by atoms with Crippen molar-refractivity contribution in [2.24, 2.45) is 0 Å². The number of nitrogens with one attached hydrogen (secondary N) is 3. The zero-order valence-corrected chi connectivity index (χ0v) is 22.3. The fourth-order valence-electron chi connectivity index (χ4n) is 4.04. The number of carbonyl (C=O) groups excluding carboxylic acids is 3. The van der Waals surface area contributed by atoms with Crippen molar-refractivity contribution in [1.82, 2.24) is 15.2 Å². The second-order valence-electron chi connectivity index (χ2n) is 10.4. The van der Waals surface area contributed by atoms with Crippen LogP contribution in [0.5, 0.6) is 0 Å². The highest BCUT2D eigenvalue weighted by Gasteiger charge is 2.42. The highest BCUT2D eigenvalue weighted by Crippen LogP contribution is 2.38. The van der Waals surface area contributed by atoms with Crippen LogP contribution >= 0.6 is 11.3 Å². The summed E-state index contributed by atoms with van der Waals surface area (Å²) >= 11 is 1.33. The Bertz CT molecular complexity index is 1360. The molecule has 3 heterocycles. The molecule has 4 rings (SSSR count). The molecule has 0 saturated carbocycles. The standard InChI is InChI=1S/C27H30FN5O3S/c1-26(2,3)20-15-19(23(34)33-12-11-30-24(35)27(33,4)5)22(37-20)32-25(36)31-18-8-6-7-16(13-18)17-9-10-29-21(28)14-17/h6-10,13-15H,11-12H2,1-5H3,(H,30,35)(H2,31,32,36). The third kappa shape index (κ3) is 5.64. The van der Waals surface area contributed by atoms with E-state index in [-0.39, 0.29) is 17.2 Å². The fraction of sp³-hybridized carbons (Fsp3) is 0.333. The number of halogens is 1. The van der Waals surface area contributed by atoms with Gasteiger partial charge in [0.2, 0.25) is 11.9 Å². The molecule has 0 unspecified atom stereocenters. The van der Waals surface area contributed by atoms with E-state index in [4.69, 9.17) is 0 Å². The number of rotatable bonds is 4. The average molecular weight is 524 g/mol. The van der Waals surface area contributed by atoms with Crippen LogP contribution in [-0.2, 0) is 10.2 Å². The van der Waals surface area contributed by atoms with Crippen molar-refractivity contribution in [3.05, 3.63) is 65.0 Å². The van der Waals surface area contributed by atoms with Gasteiger partial charge in [0.15, 0.2) is 0 Å². The van der Waals surface area contributed by atoms with E-state index in [0.717, 1.165) is 4.88 Å². The van der Waals surface area contributed by atoms with Gasteiger partial charge in [0.05, 0.1) is 5.56 Å². The number of urea groups is 1. The number of nitrogens with zero attached hydrogens (tertiary/aromatic N) is 2. The van der Waals surface area contributed by atoms with Crippen molar-refractivity contribution in [3.8, 4) is 11.1 Å². The summed E-state index contributed by atoms with van der Waals surface area (Å²) < 4.78 is 13.6. The minimum atomic E-state index is -1.02. The molecule has 3 N–H and O–H groups in total. The Morgan fingerprint density at radius 2 is 1.84 bits per heavy atom. The molecular weight excluding hydrogens is 493 g/mol. The Morgan fingerprint density at radius 1 is 1.11 bits per heavy atom. The van der Waals surface area contributed by atoms with Crippen LogP contribution in [0.2, 0.25) is 0 Å². The van der Waals surface area contributed by atoms with E-state index in [9.17, 15) is 18.8 Å². The van der Waals surface area contributed by atoms with E-state index < -0.39 is 17.5 Å². The number of anilines is 2. The van der Waals surface area contributed by atoms with Crippen LogP contribution in [-0.4, -0.2) is 46.4 Å². The van der Waals surface area contributed by atoms with E-state index in [0.29, 0.717) is 40.5 Å². The van der Waals surface area contributed by atoms with E-state index in [1.165, 1.54) is 23.6 Å². The van der Waals surface area contributed by atoms with Gasteiger partial charge >= 0.3 is 6.03 Å². The SMILES string of the molecule is CC(C)(C)c1cc(C(=O)N2CCNC(=O)C2(C)C)c(NC(=O)Nc2cccc(-c3ccnc(F)c3)c2)s1. The molecule has 1 aliphatic rings. The lowest BCUT2D eigenvalue weighted by atomic mass is 9.93. The predicted molar refractivity (Wildman–Crippen MR) is 143 cm³/mol. The molecule has 0 atom stereocenters. The summed E-state index contributed by atoms with van der Waals surface area (Å²) in [5.41, 5.74) is 0.915. The lowest BCUT2D eigenvalue weighted by Gasteiger charge is -2.41. The number of thiophene rings is 1. The smallest absolute Gasteiger partial charge is 0.324 e. The van der Waals surface area contributed by atoms with Crippen LogP contribution in [0.3, 0.4) is 0 Å². The molecule has 1 fully saturated rings. The first-order valence-electron chi connectivity index (χ1n) is 11.9. The molecule has 37 heavy (non-hydrogen) atoms. The summed E-state index contributed by atoms with van der Waals surface area (Å²) in [6.45, 7) is 10.2. The molecule has 1 aromatic carbocycles. The minimum absolute atomic E-state index is 0.223. The monoisotopic (exact) mass is 523 g/mol. The molecule has 194 valence electrons. The van der Waals surface area contributed by atoms with Gasteiger partial charge < -0.3 is 15.5 Å². The topological polar surface area (TPSA) is 103 Å². The van der Waals surface area contributed by atoms with Gasteiger partial charge in [-0.1, -0.05) is 32.9 Å². The molecule has 4 amide bonds. The second-order valence-corrected chi connectivity index (χ2v) is 11.5. The molecule has 0 radical (unpaired) electrons. The molecule has 0 spiro atoms. The zero-order valence-electron chi connectivity index (χ0n) is 21.4. The molecule has 0 aliphatic carbocycles. The van der Waals surface area contributed by atoms with Crippen molar-refractivity contribution < 1.29 is 18.8 Å². The molecular formula is C27H30FN5O3S. The number of piperazine rings is 1. The predicted octanol–water partition coefficient (Wildman–Crippen LogP) is 5.24.